The van der Waals surface area contributed by atoms with Crippen LogP contribution in [-0.4, -0.2) is 6.21 Å². The molecule has 0 amide bonds. The third kappa shape index (κ3) is 4.85. The normalized spacial score (nSPS) is 12.3. The monoisotopic (exact) mass is 348 g/mol. The van der Waals surface area contributed by atoms with Gasteiger partial charge >= 0.3 is 0 Å². The summed E-state index contributed by atoms with van der Waals surface area (Å²) in [5, 5.41) is 4.45. The molecule has 0 saturated carbocycles. The molecule has 2 nitrogen and oxygen atoms in total. The van der Waals surface area contributed by atoms with E-state index in [0.29, 0.717) is 0 Å². The van der Waals surface area contributed by atoms with Crippen LogP contribution in [0.4, 0.5) is 0 Å². The van der Waals surface area contributed by atoms with Crippen LogP contribution in [0.2, 0.25) is 0 Å². The molecule has 1 atom stereocenters. The highest BCUT2D eigenvalue weighted by atomic mass is 15.3. The molecule has 26 heavy (non-hydrogen) atoms. The third-order valence-electron chi connectivity index (χ3n) is 5.05. The van der Waals surface area contributed by atoms with Gasteiger partial charge in [-0.25, -0.2) is 0 Å². The Morgan fingerprint density at radius 3 is 2.35 bits per heavy atom. The molecule has 1 unspecified atom stereocenters. The van der Waals surface area contributed by atoms with E-state index in [1.165, 1.54) is 27.8 Å². The Balaban J connectivity index is 2.10. The molecule has 0 radical (unpaired) electrons. The molecule has 0 bridgehead atoms. The zero-order chi connectivity index (χ0) is 19.1. The molecule has 0 heterocycles. The highest BCUT2D eigenvalue weighted by Crippen LogP contribution is 2.25. The lowest BCUT2D eigenvalue weighted by Crippen LogP contribution is -2.13. The summed E-state index contributed by atoms with van der Waals surface area (Å²) in [6.45, 7) is 15.1. The number of hydrogen-bond donors (Lipinski definition) is 1. The highest BCUT2D eigenvalue weighted by Gasteiger charge is 2.12. The first kappa shape index (κ1) is 20.0. The minimum atomic E-state index is 0.267. The van der Waals surface area contributed by atoms with Gasteiger partial charge in [0.25, 0.3) is 0 Å². The Morgan fingerprint density at radius 2 is 1.77 bits per heavy atom. The predicted molar refractivity (Wildman–Crippen MR) is 114 cm³/mol. The first-order valence-corrected chi connectivity index (χ1v) is 9.66. The van der Waals surface area contributed by atoms with Gasteiger partial charge in [-0.05, 0) is 67.0 Å². The summed E-state index contributed by atoms with van der Waals surface area (Å²) >= 11 is 0. The molecule has 2 heteroatoms. The van der Waals surface area contributed by atoms with Crippen LogP contribution in [0.1, 0.15) is 66.5 Å². The number of hydrazone groups is 1. The third-order valence-corrected chi connectivity index (χ3v) is 5.05. The molecule has 0 aliphatic heterocycles. The molecule has 0 saturated heterocycles. The number of hydrogen-bond acceptors (Lipinski definition) is 2. The lowest BCUT2D eigenvalue weighted by Gasteiger charge is -2.18. The molecule has 2 aromatic rings. The van der Waals surface area contributed by atoms with Crippen molar-refractivity contribution in [2.75, 3.05) is 0 Å². The second kappa shape index (κ2) is 9.38. The fourth-order valence-corrected chi connectivity index (χ4v) is 3.57. The standard InChI is InChI=1S/C24H32N2/c1-7-21-15-20(14-18(5)23(21)8-2)16-25-26-19(6)24(9-3)22-12-10-17(4)11-13-22/h10-16,24,26H,6-9H2,1-5H3/b25-16+. The average molecular weight is 349 g/mol. The zero-order valence-corrected chi connectivity index (χ0v) is 16.9. The summed E-state index contributed by atoms with van der Waals surface area (Å²) in [6, 6.07) is 13.1. The van der Waals surface area contributed by atoms with E-state index in [1.54, 1.807) is 0 Å². The Kier molecular flexibility index (Phi) is 7.20. The lowest BCUT2D eigenvalue weighted by molar-refractivity contribution is 0.685. The van der Waals surface area contributed by atoms with Gasteiger partial charge in [0.1, 0.15) is 0 Å². The van der Waals surface area contributed by atoms with Gasteiger partial charge in [-0.3, -0.25) is 5.43 Å². The molecule has 138 valence electrons. The van der Waals surface area contributed by atoms with Crippen LogP contribution < -0.4 is 5.43 Å². The van der Waals surface area contributed by atoms with Gasteiger partial charge in [-0.2, -0.15) is 5.10 Å². The number of nitrogens with one attached hydrogen (secondary N) is 1. The van der Waals surface area contributed by atoms with Crippen molar-refractivity contribution in [1.82, 2.24) is 5.43 Å². The van der Waals surface area contributed by atoms with E-state index in [9.17, 15) is 0 Å². The van der Waals surface area contributed by atoms with E-state index < -0.39 is 0 Å². The van der Waals surface area contributed by atoms with E-state index in [0.717, 1.165) is 30.5 Å². The van der Waals surface area contributed by atoms with Crippen molar-refractivity contribution in [3.05, 3.63) is 82.1 Å². The maximum Gasteiger partial charge on any atom is 0.0544 e. The maximum absolute atomic E-state index is 4.45. The van der Waals surface area contributed by atoms with Gasteiger partial charge in [0.15, 0.2) is 0 Å². The molecular weight excluding hydrogens is 316 g/mol. The van der Waals surface area contributed by atoms with Crippen LogP contribution in [0.5, 0.6) is 0 Å². The quantitative estimate of drug-likeness (QED) is 0.455. The smallest absolute Gasteiger partial charge is 0.0544 e. The molecule has 2 rings (SSSR count). The van der Waals surface area contributed by atoms with Crippen molar-refractivity contribution < 1.29 is 0 Å². The first-order valence-electron chi connectivity index (χ1n) is 9.66. The lowest BCUT2D eigenvalue weighted by atomic mass is 9.93. The minimum absolute atomic E-state index is 0.267. The van der Waals surface area contributed by atoms with Gasteiger partial charge in [-0.1, -0.05) is 63.2 Å². The van der Waals surface area contributed by atoms with Crippen LogP contribution in [0.25, 0.3) is 0 Å². The molecule has 1 N–H and O–H groups in total. The molecule has 0 aliphatic carbocycles. The minimum Gasteiger partial charge on any atom is -0.283 e. The predicted octanol–water partition coefficient (Wildman–Crippen LogP) is 6.06. The Bertz CT molecular complexity index is 770. The molecule has 0 aromatic heterocycles. The molecule has 0 aliphatic rings. The number of nitrogens with zero attached hydrogens (tertiary/aromatic N) is 1. The topological polar surface area (TPSA) is 24.4 Å². The fraction of sp³-hybridized carbons (Fsp3) is 0.375. The van der Waals surface area contributed by atoms with E-state index in [-0.39, 0.29) is 5.92 Å². The van der Waals surface area contributed by atoms with Crippen molar-refractivity contribution in [3.8, 4) is 0 Å². The van der Waals surface area contributed by atoms with Gasteiger partial charge in [-0.15, -0.1) is 0 Å². The Morgan fingerprint density at radius 1 is 1.08 bits per heavy atom. The summed E-state index contributed by atoms with van der Waals surface area (Å²) in [4.78, 5) is 0. The summed E-state index contributed by atoms with van der Waals surface area (Å²) in [6.07, 6.45) is 5.03. The zero-order valence-electron chi connectivity index (χ0n) is 16.9. The Hall–Kier alpha value is -2.35. The van der Waals surface area contributed by atoms with E-state index in [4.69, 9.17) is 0 Å². The van der Waals surface area contributed by atoms with Crippen LogP contribution in [0.3, 0.4) is 0 Å². The van der Waals surface area contributed by atoms with Gasteiger partial charge in [0, 0.05) is 11.6 Å². The molecular formula is C24H32N2. The fourth-order valence-electron chi connectivity index (χ4n) is 3.57. The van der Waals surface area contributed by atoms with E-state index in [2.05, 4.69) is 88.1 Å². The summed E-state index contributed by atoms with van der Waals surface area (Å²) in [5.74, 6) is 0.267. The number of benzene rings is 2. The van der Waals surface area contributed by atoms with Crippen molar-refractivity contribution in [1.29, 1.82) is 0 Å². The highest BCUT2D eigenvalue weighted by molar-refractivity contribution is 5.80. The number of allylic oxidation sites excluding steroid dienone is 1. The van der Waals surface area contributed by atoms with Crippen molar-refractivity contribution in [2.24, 2.45) is 5.10 Å². The van der Waals surface area contributed by atoms with Gasteiger partial charge < -0.3 is 0 Å². The second-order valence-electron chi connectivity index (χ2n) is 6.95. The number of aryl methyl sites for hydroxylation is 3. The van der Waals surface area contributed by atoms with Gasteiger partial charge in [0.05, 0.1) is 6.21 Å². The van der Waals surface area contributed by atoms with Gasteiger partial charge in [0.2, 0.25) is 0 Å². The van der Waals surface area contributed by atoms with E-state index >= 15 is 0 Å². The summed E-state index contributed by atoms with van der Waals surface area (Å²) in [5.41, 5.74) is 12.0. The SMILES string of the molecule is C=C(N/N=C/c1cc(C)c(CC)c(CC)c1)C(CC)c1ccc(C)cc1. The van der Waals surface area contributed by atoms with Crippen LogP contribution in [0, 0.1) is 13.8 Å². The average Bonchev–Trinajstić information content (AvgIpc) is 2.63. The van der Waals surface area contributed by atoms with Crippen molar-refractivity contribution in [2.45, 2.75) is 59.8 Å². The Labute approximate surface area is 159 Å². The molecule has 0 fully saturated rings. The largest absolute Gasteiger partial charge is 0.283 e. The van der Waals surface area contributed by atoms with Crippen LogP contribution >= 0.6 is 0 Å². The summed E-state index contributed by atoms with van der Waals surface area (Å²) < 4.78 is 0. The van der Waals surface area contributed by atoms with Crippen LogP contribution in [-0.2, 0) is 12.8 Å². The maximum atomic E-state index is 4.45. The molecule has 2 aromatic carbocycles. The van der Waals surface area contributed by atoms with Crippen molar-refractivity contribution in [3.63, 3.8) is 0 Å². The first-order chi connectivity index (χ1) is 12.5. The second-order valence-corrected chi connectivity index (χ2v) is 6.95. The number of rotatable bonds is 8. The molecule has 0 spiro atoms. The van der Waals surface area contributed by atoms with Crippen molar-refractivity contribution >= 4 is 6.21 Å². The van der Waals surface area contributed by atoms with E-state index in [1.807, 2.05) is 6.21 Å². The summed E-state index contributed by atoms with van der Waals surface area (Å²) in [7, 11) is 0. The van der Waals surface area contributed by atoms with Crippen LogP contribution in [0.15, 0.2) is 53.8 Å².